The Balaban J connectivity index is 1.37. The lowest BCUT2D eigenvalue weighted by molar-refractivity contribution is -0.274. The van der Waals surface area contributed by atoms with Crippen LogP contribution in [0.2, 0.25) is 0 Å². The number of ether oxygens (including phenoxy) is 1. The van der Waals surface area contributed by atoms with Gasteiger partial charge in [0, 0.05) is 31.4 Å². The van der Waals surface area contributed by atoms with E-state index in [1.807, 2.05) is 19.1 Å². The van der Waals surface area contributed by atoms with Crippen molar-refractivity contribution >= 4 is 33.4 Å². The van der Waals surface area contributed by atoms with Gasteiger partial charge in [-0.25, -0.2) is 12.7 Å². The molecule has 216 valence electrons. The van der Waals surface area contributed by atoms with Gasteiger partial charge in [-0.15, -0.1) is 13.2 Å². The summed E-state index contributed by atoms with van der Waals surface area (Å²) < 4.78 is 69.3. The first-order valence-electron chi connectivity index (χ1n) is 12.6. The van der Waals surface area contributed by atoms with Crippen LogP contribution >= 0.6 is 0 Å². The van der Waals surface area contributed by atoms with E-state index < -0.39 is 33.6 Å². The number of carbonyl (C=O) groups is 2. The lowest BCUT2D eigenvalue weighted by Crippen LogP contribution is -2.50. The smallest absolute Gasteiger partial charge is 0.406 e. The Morgan fingerprint density at radius 3 is 2.55 bits per heavy atom. The number of hydrogen-bond donors (Lipinski definition) is 3. The van der Waals surface area contributed by atoms with E-state index in [4.69, 9.17) is 0 Å². The van der Waals surface area contributed by atoms with Crippen molar-refractivity contribution in [3.05, 3.63) is 59.2 Å². The minimum absolute atomic E-state index is 0.0884. The number of hydrogen-bond acceptors (Lipinski definition) is 7. The van der Waals surface area contributed by atoms with E-state index in [0.29, 0.717) is 6.42 Å². The molecule has 0 saturated carbocycles. The molecule has 0 atom stereocenters. The number of halogens is 3. The summed E-state index contributed by atoms with van der Waals surface area (Å²) in [5, 5.41) is 8.16. The highest BCUT2D eigenvalue weighted by Crippen LogP contribution is 2.33. The minimum Gasteiger partial charge on any atom is -0.406 e. The largest absolute Gasteiger partial charge is 0.573 e. The zero-order chi connectivity index (χ0) is 29.1. The van der Waals surface area contributed by atoms with Crippen LogP contribution in [0.5, 0.6) is 5.75 Å². The average Bonchev–Trinajstić information content (AvgIpc) is 3.21. The summed E-state index contributed by atoms with van der Waals surface area (Å²) >= 11 is 0. The normalized spacial score (nSPS) is 17.3. The topological polar surface area (TPSA) is 129 Å². The third kappa shape index (κ3) is 6.91. The number of nitrogens with one attached hydrogen (secondary N) is 3. The number of aliphatic imine (C=N–C) groups is 1. The molecular weight excluding hydrogens is 551 g/mol. The van der Waals surface area contributed by atoms with E-state index in [2.05, 4.69) is 25.7 Å². The Kier molecular flexibility index (Phi) is 8.40. The first-order valence-corrected chi connectivity index (χ1v) is 14.2. The number of amidine groups is 1. The SMILES string of the molecule is CNC(=O)CNc1ccc(CCS(=O)(=O)N2CCC3(CC2)N=C(c2cccc(OC(F)(F)F)c2)NC3=O)c(C)c1. The van der Waals surface area contributed by atoms with Crippen molar-refractivity contribution in [3.63, 3.8) is 0 Å². The van der Waals surface area contributed by atoms with E-state index >= 15 is 0 Å². The third-order valence-electron chi connectivity index (χ3n) is 6.97. The van der Waals surface area contributed by atoms with Crippen molar-refractivity contribution in [2.45, 2.75) is 38.1 Å². The maximum Gasteiger partial charge on any atom is 0.573 e. The van der Waals surface area contributed by atoms with Crippen LogP contribution in [0.1, 0.15) is 29.5 Å². The second kappa shape index (κ2) is 11.5. The van der Waals surface area contributed by atoms with Crippen LogP contribution in [-0.4, -0.2) is 74.7 Å². The van der Waals surface area contributed by atoms with Crippen LogP contribution in [0.3, 0.4) is 0 Å². The molecule has 0 aliphatic carbocycles. The fourth-order valence-corrected chi connectivity index (χ4v) is 6.17. The first kappa shape index (κ1) is 29.3. The number of rotatable bonds is 9. The number of carbonyl (C=O) groups excluding carboxylic acids is 2. The third-order valence-corrected chi connectivity index (χ3v) is 8.84. The molecule has 1 spiro atoms. The molecular formula is C26H30F3N5O5S. The fraction of sp³-hybridized carbons (Fsp3) is 0.423. The standard InChI is InChI=1S/C26H30F3N5O5S/c1-17-14-20(31-16-22(35)30-2)7-6-18(17)8-13-40(37,38)34-11-9-25(10-12-34)24(36)32-23(33-25)19-4-3-5-21(15-19)39-26(27,28)29/h3-7,14-15,31H,8-13,16H2,1-2H3,(H,30,35)(H,32,33,36). The molecule has 2 aliphatic rings. The number of amides is 2. The number of nitrogens with zero attached hydrogens (tertiary/aromatic N) is 2. The number of aryl methyl sites for hydroxylation is 2. The number of sulfonamides is 1. The number of piperidine rings is 1. The highest BCUT2D eigenvalue weighted by Gasteiger charge is 2.47. The molecule has 2 heterocycles. The second-order valence-corrected chi connectivity index (χ2v) is 11.7. The van der Waals surface area contributed by atoms with Gasteiger partial charge in [0.1, 0.15) is 17.1 Å². The first-order chi connectivity index (χ1) is 18.8. The van der Waals surface area contributed by atoms with Crippen LogP contribution in [0.15, 0.2) is 47.5 Å². The molecule has 3 N–H and O–H groups in total. The molecule has 0 aromatic heterocycles. The van der Waals surface area contributed by atoms with Gasteiger partial charge in [0.2, 0.25) is 15.9 Å². The highest BCUT2D eigenvalue weighted by atomic mass is 32.2. The van der Waals surface area contributed by atoms with Crippen molar-refractivity contribution in [1.82, 2.24) is 14.9 Å². The van der Waals surface area contributed by atoms with Crippen LogP contribution in [0, 0.1) is 6.92 Å². The number of likely N-dealkylation sites (N-methyl/N-ethyl adjacent to an activating group) is 1. The highest BCUT2D eigenvalue weighted by molar-refractivity contribution is 7.89. The summed E-state index contributed by atoms with van der Waals surface area (Å²) in [5.74, 6) is -0.995. The van der Waals surface area contributed by atoms with E-state index in [-0.39, 0.29) is 55.5 Å². The molecule has 4 rings (SSSR count). The van der Waals surface area contributed by atoms with Crippen molar-refractivity contribution in [2.75, 3.05) is 37.8 Å². The maximum absolute atomic E-state index is 13.1. The average molecular weight is 582 g/mol. The molecule has 2 aromatic rings. The van der Waals surface area contributed by atoms with Gasteiger partial charge < -0.3 is 20.7 Å². The molecule has 2 amide bonds. The van der Waals surface area contributed by atoms with Crippen molar-refractivity contribution in [1.29, 1.82) is 0 Å². The van der Waals surface area contributed by atoms with E-state index in [0.717, 1.165) is 28.9 Å². The van der Waals surface area contributed by atoms with Crippen LogP contribution in [0.4, 0.5) is 18.9 Å². The summed E-state index contributed by atoms with van der Waals surface area (Å²) in [6, 6.07) is 10.6. The van der Waals surface area contributed by atoms with Gasteiger partial charge in [-0.2, -0.15) is 0 Å². The lowest BCUT2D eigenvalue weighted by Gasteiger charge is -2.34. The fourth-order valence-electron chi connectivity index (χ4n) is 4.69. The number of alkyl halides is 3. The van der Waals surface area contributed by atoms with Gasteiger partial charge in [0.25, 0.3) is 5.91 Å². The lowest BCUT2D eigenvalue weighted by atomic mass is 9.89. The van der Waals surface area contributed by atoms with Crippen molar-refractivity contribution < 1.29 is 35.9 Å². The summed E-state index contributed by atoms with van der Waals surface area (Å²) in [6.07, 6.45) is -4.27. The molecule has 0 radical (unpaired) electrons. The van der Waals surface area contributed by atoms with Gasteiger partial charge in [-0.05, 0) is 61.6 Å². The van der Waals surface area contributed by atoms with Crippen LogP contribution < -0.4 is 20.7 Å². The Hall–Kier alpha value is -3.65. The van der Waals surface area contributed by atoms with Crippen molar-refractivity contribution in [2.24, 2.45) is 4.99 Å². The van der Waals surface area contributed by atoms with Gasteiger partial charge in [0.15, 0.2) is 0 Å². The predicted molar refractivity (Wildman–Crippen MR) is 143 cm³/mol. The monoisotopic (exact) mass is 581 g/mol. The molecule has 1 fully saturated rings. The summed E-state index contributed by atoms with van der Waals surface area (Å²) in [4.78, 5) is 28.8. The predicted octanol–water partition coefficient (Wildman–Crippen LogP) is 2.34. The Morgan fingerprint density at radius 2 is 1.90 bits per heavy atom. The molecule has 2 aromatic carbocycles. The number of anilines is 1. The van der Waals surface area contributed by atoms with Crippen LogP contribution in [-0.2, 0) is 26.0 Å². The molecule has 0 unspecified atom stereocenters. The second-order valence-electron chi connectivity index (χ2n) is 9.65. The summed E-state index contributed by atoms with van der Waals surface area (Å²) in [7, 11) is -2.07. The molecule has 0 bridgehead atoms. The summed E-state index contributed by atoms with van der Waals surface area (Å²) in [6.45, 7) is 2.18. The Bertz CT molecular complexity index is 1420. The van der Waals surface area contributed by atoms with Gasteiger partial charge in [-0.1, -0.05) is 18.2 Å². The molecule has 14 heteroatoms. The van der Waals surface area contributed by atoms with Gasteiger partial charge in [0.05, 0.1) is 12.3 Å². The zero-order valence-corrected chi connectivity index (χ0v) is 22.8. The van der Waals surface area contributed by atoms with Gasteiger partial charge >= 0.3 is 6.36 Å². The maximum atomic E-state index is 13.1. The van der Waals surface area contributed by atoms with E-state index in [1.165, 1.54) is 16.4 Å². The van der Waals surface area contributed by atoms with Crippen LogP contribution in [0.25, 0.3) is 0 Å². The van der Waals surface area contributed by atoms with E-state index in [9.17, 15) is 31.2 Å². The quantitative estimate of drug-likeness (QED) is 0.417. The molecule has 1 saturated heterocycles. The zero-order valence-electron chi connectivity index (χ0n) is 22.0. The molecule has 40 heavy (non-hydrogen) atoms. The van der Waals surface area contributed by atoms with Crippen molar-refractivity contribution in [3.8, 4) is 5.75 Å². The Labute approximate surface area is 230 Å². The number of benzene rings is 2. The minimum atomic E-state index is -4.86. The molecule has 10 nitrogen and oxygen atoms in total. The van der Waals surface area contributed by atoms with Gasteiger partial charge in [-0.3, -0.25) is 14.6 Å². The summed E-state index contributed by atoms with van der Waals surface area (Å²) in [5.41, 5.74) is 1.58. The van der Waals surface area contributed by atoms with E-state index in [1.54, 1.807) is 13.1 Å². The Morgan fingerprint density at radius 1 is 1.18 bits per heavy atom. The molecule has 2 aliphatic heterocycles.